The maximum Gasteiger partial charge on any atom is 0.220 e. The first kappa shape index (κ1) is 8.77. The van der Waals surface area contributed by atoms with Crippen molar-refractivity contribution in [3.8, 4) is 0 Å². The van der Waals surface area contributed by atoms with Crippen molar-refractivity contribution < 1.29 is 4.79 Å². The second-order valence-corrected chi connectivity index (χ2v) is 2.67. The maximum absolute atomic E-state index is 10.8. The fourth-order valence-corrected chi connectivity index (χ4v) is 0.879. The summed E-state index contributed by atoms with van der Waals surface area (Å²) in [5.74, 6) is 0.0515. The number of aryl methyl sites for hydroxylation is 1. The highest BCUT2D eigenvalue weighted by atomic mass is 16.1. The second-order valence-electron chi connectivity index (χ2n) is 2.67. The van der Waals surface area contributed by atoms with E-state index in [1.165, 1.54) is 0 Å². The van der Waals surface area contributed by atoms with Gasteiger partial charge >= 0.3 is 0 Å². The van der Waals surface area contributed by atoms with Gasteiger partial charge in [-0.25, -0.2) is 0 Å². The van der Waals surface area contributed by atoms with Gasteiger partial charge in [0.15, 0.2) is 0 Å². The van der Waals surface area contributed by atoms with Gasteiger partial charge in [-0.3, -0.25) is 9.89 Å². The molecular formula is C8H13N3O. The van der Waals surface area contributed by atoms with Gasteiger partial charge in [0, 0.05) is 12.1 Å². The van der Waals surface area contributed by atoms with E-state index < -0.39 is 0 Å². The molecule has 1 heterocycles. The minimum Gasteiger partial charge on any atom is -0.350 e. The highest BCUT2D eigenvalue weighted by molar-refractivity contribution is 5.75. The lowest BCUT2D eigenvalue weighted by atomic mass is 10.3. The van der Waals surface area contributed by atoms with Crippen molar-refractivity contribution in [3.05, 3.63) is 17.5 Å². The van der Waals surface area contributed by atoms with Gasteiger partial charge in [-0.05, 0) is 13.0 Å². The molecule has 1 aromatic rings. The first-order chi connectivity index (χ1) is 5.72. The van der Waals surface area contributed by atoms with Crippen molar-refractivity contribution in [1.29, 1.82) is 0 Å². The molecule has 0 aromatic carbocycles. The van der Waals surface area contributed by atoms with Crippen molar-refractivity contribution in [2.24, 2.45) is 0 Å². The van der Waals surface area contributed by atoms with Crippen LogP contribution in [0.15, 0.2) is 6.07 Å². The van der Waals surface area contributed by atoms with E-state index >= 15 is 0 Å². The SMILES string of the molecule is CCC(=O)NCc1cc(C)[nH]n1. The van der Waals surface area contributed by atoms with Gasteiger partial charge in [0.1, 0.15) is 0 Å². The fraction of sp³-hybridized carbons (Fsp3) is 0.500. The van der Waals surface area contributed by atoms with Gasteiger partial charge in [0.2, 0.25) is 5.91 Å². The Morgan fingerprint density at radius 2 is 2.50 bits per heavy atom. The van der Waals surface area contributed by atoms with E-state index in [9.17, 15) is 4.79 Å². The molecule has 66 valence electrons. The predicted molar refractivity (Wildman–Crippen MR) is 45.5 cm³/mol. The minimum absolute atomic E-state index is 0.0515. The van der Waals surface area contributed by atoms with Crippen LogP contribution in [0.25, 0.3) is 0 Å². The number of hydrogen-bond donors (Lipinski definition) is 2. The molecule has 0 radical (unpaired) electrons. The minimum atomic E-state index is 0.0515. The molecule has 0 spiro atoms. The molecule has 0 unspecified atom stereocenters. The monoisotopic (exact) mass is 167 g/mol. The Labute approximate surface area is 71.4 Å². The van der Waals surface area contributed by atoms with Crippen LogP contribution < -0.4 is 5.32 Å². The summed E-state index contributed by atoms with van der Waals surface area (Å²) in [5, 5.41) is 9.53. The zero-order chi connectivity index (χ0) is 8.97. The van der Waals surface area contributed by atoms with Crippen molar-refractivity contribution in [3.63, 3.8) is 0 Å². The lowest BCUT2D eigenvalue weighted by Gasteiger charge is -1.98. The van der Waals surface area contributed by atoms with Gasteiger partial charge in [0.25, 0.3) is 0 Å². The smallest absolute Gasteiger partial charge is 0.220 e. The molecule has 0 atom stereocenters. The quantitative estimate of drug-likeness (QED) is 0.697. The van der Waals surface area contributed by atoms with E-state index in [0.717, 1.165) is 11.4 Å². The molecule has 1 rings (SSSR count). The van der Waals surface area contributed by atoms with Crippen LogP contribution in [-0.4, -0.2) is 16.1 Å². The second kappa shape index (κ2) is 3.90. The molecule has 0 aliphatic rings. The summed E-state index contributed by atoms with van der Waals surface area (Å²) >= 11 is 0. The van der Waals surface area contributed by atoms with Crippen LogP contribution in [0, 0.1) is 6.92 Å². The zero-order valence-corrected chi connectivity index (χ0v) is 7.35. The van der Waals surface area contributed by atoms with E-state index in [4.69, 9.17) is 0 Å². The van der Waals surface area contributed by atoms with E-state index in [-0.39, 0.29) is 5.91 Å². The number of hydrogen-bond acceptors (Lipinski definition) is 2. The summed E-state index contributed by atoms with van der Waals surface area (Å²) < 4.78 is 0. The Morgan fingerprint density at radius 3 is 3.00 bits per heavy atom. The standard InChI is InChI=1S/C8H13N3O/c1-3-8(12)9-5-7-4-6(2)10-11-7/h4H,3,5H2,1-2H3,(H,9,12)(H,10,11). The summed E-state index contributed by atoms with van der Waals surface area (Å²) in [4.78, 5) is 10.8. The number of carbonyl (C=O) groups is 1. The zero-order valence-electron chi connectivity index (χ0n) is 7.35. The molecule has 0 saturated heterocycles. The number of carbonyl (C=O) groups excluding carboxylic acids is 1. The lowest BCUT2D eigenvalue weighted by Crippen LogP contribution is -2.21. The van der Waals surface area contributed by atoms with Crippen LogP contribution in [0.4, 0.5) is 0 Å². The van der Waals surface area contributed by atoms with Crippen LogP contribution in [0.2, 0.25) is 0 Å². The summed E-state index contributed by atoms with van der Waals surface area (Å²) in [6.45, 7) is 4.26. The van der Waals surface area contributed by atoms with Gasteiger partial charge < -0.3 is 5.32 Å². The number of amides is 1. The molecule has 2 N–H and O–H groups in total. The average Bonchev–Trinajstić information content (AvgIpc) is 2.47. The number of aromatic nitrogens is 2. The van der Waals surface area contributed by atoms with Crippen molar-refractivity contribution >= 4 is 5.91 Å². The predicted octanol–water partition coefficient (Wildman–Crippen LogP) is 0.744. The molecule has 4 heteroatoms. The first-order valence-electron chi connectivity index (χ1n) is 4.00. The fourth-order valence-electron chi connectivity index (χ4n) is 0.879. The molecule has 1 amide bonds. The summed E-state index contributed by atoms with van der Waals surface area (Å²) in [7, 11) is 0. The molecule has 4 nitrogen and oxygen atoms in total. The normalized spacial score (nSPS) is 9.83. The molecule has 1 aromatic heterocycles. The van der Waals surface area contributed by atoms with Gasteiger partial charge in [0.05, 0.1) is 12.2 Å². The molecule has 12 heavy (non-hydrogen) atoms. The number of H-pyrrole nitrogens is 1. The number of aromatic amines is 1. The maximum atomic E-state index is 10.8. The van der Waals surface area contributed by atoms with E-state index in [2.05, 4.69) is 15.5 Å². The molecule has 0 aliphatic heterocycles. The molecular weight excluding hydrogens is 154 g/mol. The molecule has 0 bridgehead atoms. The van der Waals surface area contributed by atoms with Crippen LogP contribution in [0.1, 0.15) is 24.7 Å². The van der Waals surface area contributed by atoms with Crippen LogP contribution in [0.3, 0.4) is 0 Å². The Morgan fingerprint density at radius 1 is 1.75 bits per heavy atom. The molecule has 0 aliphatic carbocycles. The summed E-state index contributed by atoms with van der Waals surface area (Å²) in [6, 6.07) is 1.91. The van der Waals surface area contributed by atoms with Gasteiger partial charge in [-0.1, -0.05) is 6.92 Å². The lowest BCUT2D eigenvalue weighted by molar-refractivity contribution is -0.120. The molecule has 0 fully saturated rings. The number of rotatable bonds is 3. The van der Waals surface area contributed by atoms with Crippen LogP contribution in [0.5, 0.6) is 0 Å². The third kappa shape index (κ3) is 2.38. The van der Waals surface area contributed by atoms with Crippen molar-refractivity contribution in [2.75, 3.05) is 0 Å². The van der Waals surface area contributed by atoms with Crippen LogP contribution >= 0.6 is 0 Å². The summed E-state index contributed by atoms with van der Waals surface area (Å²) in [5.41, 5.74) is 1.88. The Kier molecular flexibility index (Phi) is 2.85. The number of nitrogens with zero attached hydrogens (tertiary/aromatic N) is 1. The largest absolute Gasteiger partial charge is 0.350 e. The number of nitrogens with one attached hydrogen (secondary N) is 2. The summed E-state index contributed by atoms with van der Waals surface area (Å²) in [6.07, 6.45) is 0.517. The Hall–Kier alpha value is -1.32. The third-order valence-corrected chi connectivity index (χ3v) is 1.55. The van der Waals surface area contributed by atoms with Gasteiger partial charge in [-0.15, -0.1) is 0 Å². The first-order valence-corrected chi connectivity index (χ1v) is 4.00. The molecule has 0 saturated carbocycles. The Balaban J connectivity index is 2.38. The van der Waals surface area contributed by atoms with Crippen molar-refractivity contribution in [2.45, 2.75) is 26.8 Å². The van der Waals surface area contributed by atoms with E-state index in [1.807, 2.05) is 19.9 Å². The van der Waals surface area contributed by atoms with E-state index in [1.54, 1.807) is 0 Å². The highest BCUT2D eigenvalue weighted by Crippen LogP contribution is 1.96. The van der Waals surface area contributed by atoms with Crippen molar-refractivity contribution in [1.82, 2.24) is 15.5 Å². The average molecular weight is 167 g/mol. The van der Waals surface area contributed by atoms with E-state index in [0.29, 0.717) is 13.0 Å². The topological polar surface area (TPSA) is 57.8 Å². The third-order valence-electron chi connectivity index (χ3n) is 1.55. The van der Waals surface area contributed by atoms with Gasteiger partial charge in [-0.2, -0.15) is 5.10 Å². The highest BCUT2D eigenvalue weighted by Gasteiger charge is 1.99. The Bertz CT molecular complexity index is 267. The van der Waals surface area contributed by atoms with Crippen LogP contribution in [-0.2, 0) is 11.3 Å².